The first-order valence-electron chi connectivity index (χ1n) is 15.9. The molecule has 1 amide bonds. The zero-order valence-corrected chi connectivity index (χ0v) is 30.8. The summed E-state index contributed by atoms with van der Waals surface area (Å²) in [5.41, 5.74) is 2.32. The number of nitrogens with one attached hydrogen (secondary N) is 1. The van der Waals surface area contributed by atoms with Crippen LogP contribution in [0.4, 0.5) is 10.5 Å². The molecule has 8 heteroatoms. The molecule has 0 saturated carbocycles. The first kappa shape index (κ1) is 44.7. The molecule has 0 bridgehead atoms. The van der Waals surface area contributed by atoms with Gasteiger partial charge in [-0.3, -0.25) is 4.57 Å². The molecule has 2 atom stereocenters. The van der Waals surface area contributed by atoms with E-state index in [9.17, 15) is 4.79 Å². The van der Waals surface area contributed by atoms with Gasteiger partial charge in [0.25, 0.3) is 0 Å². The molecule has 2 unspecified atom stereocenters. The number of hydrogen-bond acceptors (Lipinski definition) is 6. The summed E-state index contributed by atoms with van der Waals surface area (Å²) in [6.07, 6.45) is 16.4. The van der Waals surface area contributed by atoms with Crippen LogP contribution in [0.5, 0.6) is 0 Å². The smallest absolute Gasteiger partial charge is 0.406 e. The monoisotopic (exact) mass is 619 g/mol. The molecular formula is C35H65N5O2S. The van der Waals surface area contributed by atoms with Crippen LogP contribution in [0.1, 0.15) is 113 Å². The predicted molar refractivity (Wildman–Crippen MR) is 192 cm³/mol. The summed E-state index contributed by atoms with van der Waals surface area (Å²) in [5.74, 6) is 2.32. The van der Waals surface area contributed by atoms with Gasteiger partial charge in [-0.25, -0.2) is 4.79 Å². The lowest BCUT2D eigenvalue weighted by Gasteiger charge is -2.16. The quantitative estimate of drug-likeness (QED) is 0.199. The third-order valence-corrected chi connectivity index (χ3v) is 6.68. The van der Waals surface area contributed by atoms with Crippen LogP contribution < -0.4 is 10.2 Å². The number of carbonyl (C=O) groups is 1. The fourth-order valence-corrected chi connectivity index (χ4v) is 3.99. The van der Waals surface area contributed by atoms with Crippen LogP contribution in [-0.2, 0) is 4.74 Å². The number of amides is 1. The molecule has 0 aliphatic carbocycles. The van der Waals surface area contributed by atoms with E-state index in [2.05, 4.69) is 120 Å². The molecule has 1 N–H and O–H groups in total. The Morgan fingerprint density at radius 1 is 1.02 bits per heavy atom. The SMILES string of the molecule is C/C=C/CC.C/C=C\CC(C)CCC.CC.CCC(C)c1nnc(SC)n1-c1ccc(N(C)C)cc1.CCNC(=O)OC. The molecule has 0 saturated heterocycles. The van der Waals surface area contributed by atoms with Gasteiger partial charge in [-0.2, -0.15) is 0 Å². The zero-order chi connectivity index (χ0) is 33.6. The Morgan fingerprint density at radius 2 is 1.60 bits per heavy atom. The van der Waals surface area contributed by atoms with Gasteiger partial charge in [0.2, 0.25) is 0 Å². The molecule has 2 rings (SSSR count). The molecule has 248 valence electrons. The second-order valence-electron chi connectivity index (χ2n) is 9.80. The van der Waals surface area contributed by atoms with Crippen molar-refractivity contribution in [2.45, 2.75) is 112 Å². The first-order chi connectivity index (χ1) is 20.6. The van der Waals surface area contributed by atoms with Gasteiger partial charge in [-0.1, -0.05) is 97.4 Å². The molecule has 1 heterocycles. The highest BCUT2D eigenvalue weighted by atomic mass is 32.2. The number of anilines is 1. The topological polar surface area (TPSA) is 72.3 Å². The molecule has 0 radical (unpaired) electrons. The van der Waals surface area contributed by atoms with E-state index in [0.29, 0.717) is 12.5 Å². The third kappa shape index (κ3) is 21.6. The molecule has 0 aliphatic rings. The number of carbonyl (C=O) groups excluding carboxylic acids is 1. The summed E-state index contributed by atoms with van der Waals surface area (Å²) < 4.78 is 6.41. The van der Waals surface area contributed by atoms with Crippen molar-refractivity contribution in [3.8, 4) is 5.69 Å². The lowest BCUT2D eigenvalue weighted by molar-refractivity contribution is 0.171. The van der Waals surface area contributed by atoms with Crippen LogP contribution >= 0.6 is 11.8 Å². The Morgan fingerprint density at radius 3 is 1.95 bits per heavy atom. The normalized spacial score (nSPS) is 11.4. The number of hydrogen-bond donors (Lipinski definition) is 1. The Kier molecular flexibility index (Phi) is 31.9. The van der Waals surface area contributed by atoms with Crippen LogP contribution in [0.3, 0.4) is 0 Å². The van der Waals surface area contributed by atoms with E-state index in [4.69, 9.17) is 0 Å². The summed E-state index contributed by atoms with van der Waals surface area (Å²) in [5, 5.41) is 12.1. The second-order valence-corrected chi connectivity index (χ2v) is 10.6. The van der Waals surface area contributed by atoms with E-state index in [-0.39, 0.29) is 6.09 Å². The number of thioether (sulfide) groups is 1. The number of nitrogens with zero attached hydrogens (tertiary/aromatic N) is 4. The maximum atomic E-state index is 10.1. The highest BCUT2D eigenvalue weighted by molar-refractivity contribution is 7.98. The second kappa shape index (κ2) is 30.7. The molecular weight excluding hydrogens is 554 g/mol. The van der Waals surface area contributed by atoms with Gasteiger partial charge in [0, 0.05) is 37.9 Å². The minimum Gasteiger partial charge on any atom is -0.453 e. The van der Waals surface area contributed by atoms with Crippen molar-refractivity contribution in [1.82, 2.24) is 20.1 Å². The summed E-state index contributed by atoms with van der Waals surface area (Å²) in [6, 6.07) is 8.51. The van der Waals surface area contributed by atoms with Crippen molar-refractivity contribution < 1.29 is 9.53 Å². The molecule has 0 fully saturated rings. The van der Waals surface area contributed by atoms with Gasteiger partial charge in [0.05, 0.1) is 7.11 Å². The summed E-state index contributed by atoms with van der Waals surface area (Å²) in [6.45, 7) is 21.6. The van der Waals surface area contributed by atoms with Crippen LogP contribution in [0, 0.1) is 5.92 Å². The number of allylic oxidation sites excluding steroid dienone is 4. The van der Waals surface area contributed by atoms with Crippen molar-refractivity contribution >= 4 is 23.5 Å². The van der Waals surface area contributed by atoms with E-state index in [1.807, 2.05) is 48.0 Å². The third-order valence-electron chi connectivity index (χ3n) is 6.05. The van der Waals surface area contributed by atoms with E-state index in [1.165, 1.54) is 32.1 Å². The summed E-state index contributed by atoms with van der Waals surface area (Å²) >= 11 is 1.63. The van der Waals surface area contributed by atoms with E-state index < -0.39 is 0 Å². The van der Waals surface area contributed by atoms with Gasteiger partial charge in [0.15, 0.2) is 5.16 Å². The predicted octanol–water partition coefficient (Wildman–Crippen LogP) is 10.3. The minimum atomic E-state index is -0.373. The van der Waals surface area contributed by atoms with Crippen LogP contribution in [-0.4, -0.2) is 54.9 Å². The number of alkyl carbamates (subject to hydrolysis) is 1. The van der Waals surface area contributed by atoms with E-state index >= 15 is 0 Å². The zero-order valence-electron chi connectivity index (χ0n) is 30.0. The van der Waals surface area contributed by atoms with Crippen molar-refractivity contribution in [2.24, 2.45) is 5.92 Å². The van der Waals surface area contributed by atoms with Gasteiger partial charge in [0.1, 0.15) is 5.82 Å². The fourth-order valence-electron chi connectivity index (χ4n) is 3.49. The Labute approximate surface area is 270 Å². The van der Waals surface area contributed by atoms with E-state index in [0.717, 1.165) is 35.4 Å². The number of rotatable bonds is 11. The van der Waals surface area contributed by atoms with E-state index in [1.54, 1.807) is 11.8 Å². The number of ether oxygens (including phenoxy) is 1. The highest BCUT2D eigenvalue weighted by Crippen LogP contribution is 2.27. The minimum absolute atomic E-state index is 0.373. The van der Waals surface area contributed by atoms with Gasteiger partial charge in [-0.15, -0.1) is 10.2 Å². The Hall–Kier alpha value is -2.74. The molecule has 2 aromatic rings. The Balaban J connectivity index is -0.000000578. The van der Waals surface area contributed by atoms with Crippen LogP contribution in [0.15, 0.2) is 53.7 Å². The van der Waals surface area contributed by atoms with Crippen molar-refractivity contribution in [1.29, 1.82) is 0 Å². The fraction of sp³-hybridized carbons (Fsp3) is 0.629. The largest absolute Gasteiger partial charge is 0.453 e. The van der Waals surface area contributed by atoms with Gasteiger partial charge >= 0.3 is 6.09 Å². The van der Waals surface area contributed by atoms with Gasteiger partial charge < -0.3 is 15.0 Å². The number of methoxy groups -OCH3 is 1. The van der Waals surface area contributed by atoms with Crippen LogP contribution in [0.25, 0.3) is 5.69 Å². The average molecular weight is 620 g/mol. The van der Waals surface area contributed by atoms with Crippen molar-refractivity contribution in [2.75, 3.05) is 38.9 Å². The molecule has 0 spiro atoms. The highest BCUT2D eigenvalue weighted by Gasteiger charge is 2.17. The van der Waals surface area contributed by atoms with Crippen LogP contribution in [0.2, 0.25) is 0 Å². The maximum absolute atomic E-state index is 10.1. The van der Waals surface area contributed by atoms with Gasteiger partial charge in [-0.05, 0) is 76.5 Å². The molecule has 1 aromatic heterocycles. The Bertz CT molecular complexity index is 956. The summed E-state index contributed by atoms with van der Waals surface area (Å²) in [7, 11) is 5.43. The first-order valence-corrected chi connectivity index (χ1v) is 17.1. The van der Waals surface area contributed by atoms with Crippen molar-refractivity contribution in [3.63, 3.8) is 0 Å². The molecule has 43 heavy (non-hydrogen) atoms. The summed E-state index contributed by atoms with van der Waals surface area (Å²) in [4.78, 5) is 12.2. The number of benzene rings is 1. The maximum Gasteiger partial charge on any atom is 0.406 e. The lowest BCUT2D eigenvalue weighted by atomic mass is 10.0. The molecule has 1 aromatic carbocycles. The van der Waals surface area contributed by atoms with Crippen molar-refractivity contribution in [3.05, 3.63) is 54.4 Å². The standard InChI is InChI=1S/C15H22N4S.C9H18.C5H10.C4H9NO2.C2H6/c1-6-11(2)14-16-17-15(20-5)19(14)13-9-7-12(8-10-13)18(3)4;1-4-6-8-9(3)7-5-2;1-3-5-4-2;1-3-5-4(6)7-2;1-2/h7-11H,6H2,1-5H3;4,6,9H,5,7-8H2,1-3H3;3,5H,4H2,1-2H3;3H2,1-2H3,(H,5,6);1-2H3/b;6-4-;5-3+;;. The molecule has 7 nitrogen and oxygen atoms in total. The lowest BCUT2D eigenvalue weighted by Crippen LogP contribution is -2.21. The number of aromatic nitrogens is 3. The molecule has 0 aliphatic heterocycles. The average Bonchev–Trinajstić information content (AvgIpc) is 3.46.